The minimum absolute atomic E-state index is 0.00535. The maximum Gasteiger partial charge on any atom is 0.178 e. The Hall–Kier alpha value is -1.90. The molecule has 0 fully saturated rings. The van der Waals surface area contributed by atoms with Gasteiger partial charge in [0.15, 0.2) is 5.78 Å². The molecule has 21 heavy (non-hydrogen) atoms. The zero-order valence-corrected chi connectivity index (χ0v) is 12.1. The van der Waals surface area contributed by atoms with Crippen molar-refractivity contribution in [3.8, 4) is 0 Å². The third-order valence-electron chi connectivity index (χ3n) is 4.27. The average Bonchev–Trinajstić information content (AvgIpc) is 2.75. The SMILES string of the molecule is O=C1C=C(Cl)C2c3ccccc3C1N2Cc1ccccc1. The summed E-state index contributed by atoms with van der Waals surface area (Å²) in [4.78, 5) is 14.6. The highest BCUT2D eigenvalue weighted by atomic mass is 35.5. The molecule has 2 aromatic rings. The monoisotopic (exact) mass is 295 g/mol. The third-order valence-corrected chi connectivity index (χ3v) is 4.58. The van der Waals surface area contributed by atoms with Crippen LogP contribution in [-0.4, -0.2) is 10.7 Å². The summed E-state index contributed by atoms with van der Waals surface area (Å²) >= 11 is 6.39. The highest BCUT2D eigenvalue weighted by Gasteiger charge is 2.45. The Balaban J connectivity index is 1.80. The van der Waals surface area contributed by atoms with Gasteiger partial charge in [-0.3, -0.25) is 9.69 Å². The second-order valence-corrected chi connectivity index (χ2v) is 5.96. The van der Waals surface area contributed by atoms with Crippen molar-refractivity contribution < 1.29 is 4.79 Å². The number of hydrogen-bond donors (Lipinski definition) is 0. The number of fused-ring (bicyclic) bond motifs is 5. The molecule has 2 atom stereocenters. The lowest BCUT2D eigenvalue weighted by Gasteiger charge is -2.32. The van der Waals surface area contributed by atoms with E-state index in [0.29, 0.717) is 5.03 Å². The van der Waals surface area contributed by atoms with Crippen LogP contribution in [0, 0.1) is 0 Å². The normalized spacial score (nSPS) is 23.9. The predicted molar refractivity (Wildman–Crippen MR) is 82.9 cm³/mol. The van der Waals surface area contributed by atoms with Gasteiger partial charge in [-0.15, -0.1) is 0 Å². The van der Waals surface area contributed by atoms with E-state index in [2.05, 4.69) is 23.1 Å². The molecule has 2 aliphatic rings. The minimum atomic E-state index is -0.200. The highest BCUT2D eigenvalue weighted by molar-refractivity contribution is 6.32. The van der Waals surface area contributed by atoms with Crippen LogP contribution in [0.5, 0.6) is 0 Å². The Morgan fingerprint density at radius 3 is 2.24 bits per heavy atom. The van der Waals surface area contributed by atoms with Gasteiger partial charge in [0.25, 0.3) is 0 Å². The summed E-state index contributed by atoms with van der Waals surface area (Å²) in [5.74, 6) is 0.0807. The molecular formula is C18H14ClNO. The largest absolute Gasteiger partial charge is 0.293 e. The predicted octanol–water partition coefficient (Wildman–Crippen LogP) is 3.99. The van der Waals surface area contributed by atoms with Gasteiger partial charge in [-0.2, -0.15) is 0 Å². The fourth-order valence-corrected chi connectivity index (χ4v) is 3.76. The topological polar surface area (TPSA) is 20.3 Å². The number of nitrogens with zero attached hydrogens (tertiary/aromatic N) is 1. The van der Waals surface area contributed by atoms with Crippen molar-refractivity contribution in [3.05, 3.63) is 82.4 Å². The average molecular weight is 296 g/mol. The van der Waals surface area contributed by atoms with Gasteiger partial charge in [0.05, 0.1) is 12.1 Å². The van der Waals surface area contributed by atoms with E-state index in [1.165, 1.54) is 5.56 Å². The van der Waals surface area contributed by atoms with Gasteiger partial charge in [0.2, 0.25) is 0 Å². The molecule has 3 heteroatoms. The molecule has 0 amide bonds. The molecule has 0 N–H and O–H groups in total. The molecule has 0 spiro atoms. The van der Waals surface area contributed by atoms with Gasteiger partial charge < -0.3 is 0 Å². The van der Waals surface area contributed by atoms with E-state index >= 15 is 0 Å². The number of carbonyl (C=O) groups excluding carboxylic acids is 1. The van der Waals surface area contributed by atoms with Gasteiger partial charge >= 0.3 is 0 Å². The Morgan fingerprint density at radius 2 is 1.52 bits per heavy atom. The number of carbonyl (C=O) groups is 1. The van der Waals surface area contributed by atoms with Gasteiger partial charge in [-0.05, 0) is 22.8 Å². The van der Waals surface area contributed by atoms with Gasteiger partial charge in [-0.1, -0.05) is 66.2 Å². The lowest BCUT2D eigenvalue weighted by molar-refractivity contribution is -0.121. The molecule has 2 unspecified atom stereocenters. The Kier molecular flexibility index (Phi) is 2.95. The first-order valence-electron chi connectivity index (χ1n) is 7.05. The molecule has 2 heterocycles. The van der Waals surface area contributed by atoms with E-state index in [1.807, 2.05) is 36.4 Å². The molecule has 2 aromatic carbocycles. The van der Waals surface area contributed by atoms with Crippen molar-refractivity contribution in [2.45, 2.75) is 18.6 Å². The zero-order chi connectivity index (χ0) is 14.4. The molecular weight excluding hydrogens is 282 g/mol. The molecule has 0 saturated heterocycles. The van der Waals surface area contributed by atoms with Crippen molar-refractivity contribution in [1.82, 2.24) is 4.90 Å². The standard InChI is InChI=1S/C18H14ClNO/c19-15-10-16(21)18-14-9-5-4-8-13(14)17(15)20(18)11-12-6-2-1-3-7-12/h1-10,17-18H,11H2. The summed E-state index contributed by atoms with van der Waals surface area (Å²) in [5, 5.41) is 0.622. The van der Waals surface area contributed by atoms with Crippen molar-refractivity contribution in [2.24, 2.45) is 0 Å². The van der Waals surface area contributed by atoms with Crippen molar-refractivity contribution in [3.63, 3.8) is 0 Å². The summed E-state index contributed by atoms with van der Waals surface area (Å²) in [6.45, 7) is 0.723. The van der Waals surface area contributed by atoms with Crippen molar-refractivity contribution in [2.75, 3.05) is 0 Å². The molecule has 0 saturated carbocycles. The number of rotatable bonds is 2. The van der Waals surface area contributed by atoms with Crippen LogP contribution in [0.2, 0.25) is 0 Å². The Bertz CT molecular complexity index is 738. The van der Waals surface area contributed by atoms with E-state index in [0.717, 1.165) is 17.7 Å². The third kappa shape index (κ3) is 1.95. The smallest absolute Gasteiger partial charge is 0.178 e. The van der Waals surface area contributed by atoms with Gasteiger partial charge in [-0.25, -0.2) is 0 Å². The number of ketones is 1. The number of halogens is 1. The quantitative estimate of drug-likeness (QED) is 0.835. The minimum Gasteiger partial charge on any atom is -0.293 e. The Morgan fingerprint density at radius 1 is 0.905 bits per heavy atom. The molecule has 2 bridgehead atoms. The van der Waals surface area contributed by atoms with Crippen molar-refractivity contribution in [1.29, 1.82) is 0 Å². The Labute approximate surface area is 128 Å². The van der Waals surface area contributed by atoms with E-state index in [4.69, 9.17) is 11.6 Å². The summed E-state index contributed by atoms with van der Waals surface area (Å²) in [7, 11) is 0. The first-order chi connectivity index (χ1) is 10.3. The van der Waals surface area contributed by atoms with Crippen LogP contribution in [0.15, 0.2) is 65.7 Å². The first kappa shape index (κ1) is 12.8. The van der Waals surface area contributed by atoms with Crippen molar-refractivity contribution >= 4 is 17.4 Å². The molecule has 4 rings (SSSR count). The summed E-state index contributed by atoms with van der Waals surface area (Å²) in [6.07, 6.45) is 1.60. The lowest BCUT2D eigenvalue weighted by Crippen LogP contribution is -2.33. The molecule has 0 aliphatic carbocycles. The first-order valence-corrected chi connectivity index (χ1v) is 7.43. The van der Waals surface area contributed by atoms with Crippen LogP contribution in [0.4, 0.5) is 0 Å². The highest BCUT2D eigenvalue weighted by Crippen LogP contribution is 2.50. The maximum atomic E-state index is 12.4. The maximum absolute atomic E-state index is 12.4. The van der Waals surface area contributed by atoms with Crippen LogP contribution in [0.3, 0.4) is 0 Å². The van der Waals surface area contributed by atoms with E-state index in [1.54, 1.807) is 6.08 Å². The molecule has 0 radical (unpaired) electrons. The fourth-order valence-electron chi connectivity index (χ4n) is 3.41. The zero-order valence-electron chi connectivity index (χ0n) is 11.4. The summed E-state index contributed by atoms with van der Waals surface area (Å²) in [6, 6.07) is 18.1. The number of benzene rings is 2. The van der Waals surface area contributed by atoms with Crippen LogP contribution in [-0.2, 0) is 11.3 Å². The second kappa shape index (κ2) is 4.83. The summed E-state index contributed by atoms with van der Waals surface area (Å²) < 4.78 is 0. The lowest BCUT2D eigenvalue weighted by atomic mass is 10.0. The van der Waals surface area contributed by atoms with Crippen LogP contribution < -0.4 is 0 Å². The van der Waals surface area contributed by atoms with E-state index in [9.17, 15) is 4.79 Å². The molecule has 0 aromatic heterocycles. The van der Waals surface area contributed by atoms with Crippen LogP contribution >= 0.6 is 11.6 Å². The fraction of sp³-hybridized carbons (Fsp3) is 0.167. The van der Waals surface area contributed by atoms with E-state index in [-0.39, 0.29) is 17.9 Å². The van der Waals surface area contributed by atoms with Gasteiger partial charge in [0, 0.05) is 11.6 Å². The summed E-state index contributed by atoms with van der Waals surface area (Å²) in [5.41, 5.74) is 3.44. The van der Waals surface area contributed by atoms with Gasteiger partial charge in [0.1, 0.15) is 0 Å². The number of hydrogen-bond acceptors (Lipinski definition) is 2. The van der Waals surface area contributed by atoms with Crippen LogP contribution in [0.1, 0.15) is 28.8 Å². The second-order valence-electron chi connectivity index (χ2n) is 5.52. The van der Waals surface area contributed by atoms with Crippen LogP contribution in [0.25, 0.3) is 0 Å². The van der Waals surface area contributed by atoms with E-state index < -0.39 is 0 Å². The molecule has 2 nitrogen and oxygen atoms in total. The molecule has 104 valence electrons. The molecule has 2 aliphatic heterocycles.